The van der Waals surface area contributed by atoms with Crippen LogP contribution in [0.15, 0.2) is 51.9 Å². The van der Waals surface area contributed by atoms with Gasteiger partial charge >= 0.3 is 0 Å². The number of furan rings is 1. The van der Waals surface area contributed by atoms with E-state index in [1.54, 1.807) is 24.5 Å². The fourth-order valence-corrected chi connectivity index (χ4v) is 3.21. The van der Waals surface area contributed by atoms with Gasteiger partial charge in [0.05, 0.1) is 12.3 Å². The topological polar surface area (TPSA) is 75.1 Å². The average Bonchev–Trinajstić information content (AvgIpc) is 3.04. The number of rotatable bonds is 2. The summed E-state index contributed by atoms with van der Waals surface area (Å²) in [5.74, 6) is 0.667. The van der Waals surface area contributed by atoms with Crippen LogP contribution in [0.5, 0.6) is 0 Å². The number of aromatic nitrogens is 1. The Bertz CT molecular complexity index is 939. The Hall–Kier alpha value is -2.82. The molecule has 1 aromatic carbocycles. The fourth-order valence-electron chi connectivity index (χ4n) is 3.21. The van der Waals surface area contributed by atoms with E-state index in [-0.39, 0.29) is 23.2 Å². The molecule has 1 aliphatic carbocycles. The second-order valence-electron chi connectivity index (χ2n) is 5.82. The van der Waals surface area contributed by atoms with Gasteiger partial charge in [0.2, 0.25) is 0 Å². The van der Waals surface area contributed by atoms with Crippen LogP contribution < -0.4 is 10.9 Å². The van der Waals surface area contributed by atoms with Crippen molar-refractivity contribution in [3.8, 4) is 0 Å². The van der Waals surface area contributed by atoms with E-state index < -0.39 is 0 Å². The molecule has 0 aliphatic heterocycles. The van der Waals surface area contributed by atoms with Gasteiger partial charge in [0.25, 0.3) is 11.5 Å². The summed E-state index contributed by atoms with van der Waals surface area (Å²) in [5.41, 5.74) is 1.07. The van der Waals surface area contributed by atoms with Crippen molar-refractivity contribution in [1.82, 2.24) is 10.3 Å². The van der Waals surface area contributed by atoms with E-state index in [2.05, 4.69) is 10.3 Å². The molecule has 2 heterocycles. The molecular weight excluding hydrogens is 292 g/mol. The van der Waals surface area contributed by atoms with E-state index in [4.69, 9.17) is 4.42 Å². The standard InChI is InChI=1S/C18H16N2O3/c21-17-12-5-2-1-4-11(12)10-15(20-17)18(22)19-14-6-3-7-16-13(14)8-9-23-16/h1-2,4-5,8-10,14H,3,6-7H2,(H,19,22)(H,20,21). The van der Waals surface area contributed by atoms with E-state index in [1.807, 2.05) is 18.2 Å². The summed E-state index contributed by atoms with van der Waals surface area (Å²) >= 11 is 0. The lowest BCUT2D eigenvalue weighted by atomic mass is 9.93. The highest BCUT2D eigenvalue weighted by atomic mass is 16.3. The molecule has 5 heteroatoms. The molecule has 0 bridgehead atoms. The van der Waals surface area contributed by atoms with Gasteiger partial charge in [-0.3, -0.25) is 9.59 Å². The predicted molar refractivity (Wildman–Crippen MR) is 86.4 cm³/mol. The van der Waals surface area contributed by atoms with Crippen molar-refractivity contribution in [3.63, 3.8) is 0 Å². The van der Waals surface area contributed by atoms with Gasteiger partial charge in [-0.15, -0.1) is 0 Å². The first-order valence-electron chi connectivity index (χ1n) is 7.71. The Morgan fingerprint density at radius 3 is 3.04 bits per heavy atom. The van der Waals surface area contributed by atoms with Gasteiger partial charge < -0.3 is 14.7 Å². The predicted octanol–water partition coefficient (Wildman–Crippen LogP) is 2.93. The molecule has 0 saturated heterocycles. The zero-order valence-electron chi connectivity index (χ0n) is 12.5. The first kappa shape index (κ1) is 13.8. The summed E-state index contributed by atoms with van der Waals surface area (Å²) in [7, 11) is 0. The first-order valence-corrected chi connectivity index (χ1v) is 7.71. The lowest BCUT2D eigenvalue weighted by Gasteiger charge is -2.22. The molecule has 116 valence electrons. The number of benzene rings is 1. The molecule has 0 saturated carbocycles. The number of carbonyl (C=O) groups is 1. The number of amides is 1. The number of aromatic amines is 1. The molecule has 4 rings (SSSR count). The molecule has 0 radical (unpaired) electrons. The number of hydrogen-bond acceptors (Lipinski definition) is 3. The normalized spacial score (nSPS) is 17.0. The fraction of sp³-hybridized carbons (Fsp3) is 0.222. The van der Waals surface area contributed by atoms with Crippen molar-refractivity contribution in [2.45, 2.75) is 25.3 Å². The van der Waals surface area contributed by atoms with Crippen LogP contribution in [-0.2, 0) is 6.42 Å². The highest BCUT2D eigenvalue weighted by molar-refractivity contribution is 5.96. The zero-order valence-corrected chi connectivity index (χ0v) is 12.5. The number of carbonyl (C=O) groups excluding carboxylic acids is 1. The molecule has 2 aromatic heterocycles. The lowest BCUT2D eigenvalue weighted by Crippen LogP contribution is -2.32. The summed E-state index contributed by atoms with van der Waals surface area (Å²) in [4.78, 5) is 27.3. The Balaban J connectivity index is 1.65. The van der Waals surface area contributed by atoms with Crippen molar-refractivity contribution in [2.75, 3.05) is 0 Å². The van der Waals surface area contributed by atoms with Crippen molar-refractivity contribution in [2.24, 2.45) is 0 Å². The van der Waals surface area contributed by atoms with Crippen molar-refractivity contribution in [1.29, 1.82) is 0 Å². The van der Waals surface area contributed by atoms with Crippen LogP contribution in [0.3, 0.4) is 0 Å². The lowest BCUT2D eigenvalue weighted by molar-refractivity contribution is 0.0927. The summed E-state index contributed by atoms with van der Waals surface area (Å²) < 4.78 is 5.44. The second-order valence-corrected chi connectivity index (χ2v) is 5.82. The van der Waals surface area contributed by atoms with Gasteiger partial charge in [-0.2, -0.15) is 0 Å². The maximum Gasteiger partial charge on any atom is 0.268 e. The zero-order chi connectivity index (χ0) is 15.8. The van der Waals surface area contributed by atoms with Crippen LogP contribution in [-0.4, -0.2) is 10.9 Å². The molecule has 1 unspecified atom stereocenters. The maximum absolute atomic E-state index is 12.5. The van der Waals surface area contributed by atoms with Gasteiger partial charge in [-0.25, -0.2) is 0 Å². The number of pyridine rings is 1. The minimum atomic E-state index is -0.271. The smallest absolute Gasteiger partial charge is 0.268 e. The third kappa shape index (κ3) is 2.44. The van der Waals surface area contributed by atoms with Crippen molar-refractivity contribution >= 4 is 16.7 Å². The average molecular weight is 308 g/mol. The van der Waals surface area contributed by atoms with E-state index >= 15 is 0 Å². The molecule has 3 aromatic rings. The van der Waals surface area contributed by atoms with Gasteiger partial charge in [-0.1, -0.05) is 18.2 Å². The Morgan fingerprint density at radius 2 is 2.13 bits per heavy atom. The minimum Gasteiger partial charge on any atom is -0.469 e. The third-order valence-corrected chi connectivity index (χ3v) is 4.36. The molecule has 2 N–H and O–H groups in total. The van der Waals surface area contributed by atoms with Crippen LogP contribution in [0.2, 0.25) is 0 Å². The summed E-state index contributed by atoms with van der Waals surface area (Å²) in [6, 6.07) is 10.8. The minimum absolute atomic E-state index is 0.0695. The Morgan fingerprint density at radius 1 is 1.26 bits per heavy atom. The molecule has 1 atom stereocenters. The number of hydrogen-bond donors (Lipinski definition) is 2. The summed E-state index contributed by atoms with van der Waals surface area (Å²) in [5, 5.41) is 4.34. The number of nitrogens with one attached hydrogen (secondary N) is 2. The van der Waals surface area contributed by atoms with Crippen LogP contribution in [0.1, 0.15) is 40.7 Å². The molecular formula is C18H16N2O3. The van der Waals surface area contributed by atoms with E-state index in [0.717, 1.165) is 36.0 Å². The van der Waals surface area contributed by atoms with Gasteiger partial charge in [0.15, 0.2) is 0 Å². The van der Waals surface area contributed by atoms with Crippen LogP contribution in [0, 0.1) is 0 Å². The SMILES string of the molecule is O=C(NC1CCCc2occc21)c1cc2ccccc2c(=O)[nH]1. The van der Waals surface area contributed by atoms with E-state index in [0.29, 0.717) is 5.39 Å². The molecule has 5 nitrogen and oxygen atoms in total. The summed E-state index contributed by atoms with van der Waals surface area (Å²) in [6.07, 6.45) is 4.41. The number of aryl methyl sites for hydroxylation is 1. The highest BCUT2D eigenvalue weighted by Gasteiger charge is 2.24. The highest BCUT2D eigenvalue weighted by Crippen LogP contribution is 2.30. The summed E-state index contributed by atoms with van der Waals surface area (Å²) in [6.45, 7) is 0. The van der Waals surface area contributed by atoms with E-state index in [9.17, 15) is 9.59 Å². The first-order chi connectivity index (χ1) is 11.2. The molecule has 0 fully saturated rings. The van der Waals surface area contributed by atoms with E-state index in [1.165, 1.54) is 0 Å². The van der Waals surface area contributed by atoms with Gasteiger partial charge in [-0.05, 0) is 36.4 Å². The van der Waals surface area contributed by atoms with Gasteiger partial charge in [0, 0.05) is 17.4 Å². The second kappa shape index (κ2) is 5.43. The number of H-pyrrole nitrogens is 1. The monoisotopic (exact) mass is 308 g/mol. The maximum atomic E-state index is 12.5. The molecule has 0 spiro atoms. The quantitative estimate of drug-likeness (QED) is 0.764. The van der Waals surface area contributed by atoms with Crippen molar-refractivity contribution < 1.29 is 9.21 Å². The molecule has 23 heavy (non-hydrogen) atoms. The Labute approximate surface area is 132 Å². The van der Waals surface area contributed by atoms with Gasteiger partial charge in [0.1, 0.15) is 11.5 Å². The molecule has 1 aliphatic rings. The third-order valence-electron chi connectivity index (χ3n) is 4.36. The van der Waals surface area contributed by atoms with Crippen LogP contribution in [0.4, 0.5) is 0 Å². The number of fused-ring (bicyclic) bond motifs is 2. The van der Waals surface area contributed by atoms with Crippen molar-refractivity contribution in [3.05, 3.63) is 70.0 Å². The Kier molecular flexibility index (Phi) is 3.26. The molecule has 1 amide bonds. The van der Waals surface area contributed by atoms with Crippen LogP contribution in [0.25, 0.3) is 10.8 Å². The van der Waals surface area contributed by atoms with Crippen LogP contribution >= 0.6 is 0 Å². The largest absolute Gasteiger partial charge is 0.469 e.